The van der Waals surface area contributed by atoms with Crippen molar-refractivity contribution in [1.82, 2.24) is 4.98 Å². The van der Waals surface area contributed by atoms with E-state index in [9.17, 15) is 0 Å². The Labute approximate surface area is 112 Å². The van der Waals surface area contributed by atoms with Gasteiger partial charge in [0, 0.05) is 11.1 Å². The molecule has 2 aromatic rings. The number of fused-ring (bicyclic) bond motifs is 1. The lowest BCUT2D eigenvalue weighted by Crippen LogP contribution is -1.93. The lowest BCUT2D eigenvalue weighted by Gasteiger charge is -2.08. The Bertz CT molecular complexity index is 514. The first-order valence-electron chi connectivity index (χ1n) is 5.38. The Balaban J connectivity index is 0.00000144. The number of aryl methyl sites for hydroxylation is 1. The molecule has 1 aromatic heterocycles. The van der Waals surface area contributed by atoms with Crippen LogP contribution in [0.5, 0.6) is 5.75 Å². The predicted octanol–water partition coefficient (Wildman–Crippen LogP) is 4.27. The van der Waals surface area contributed by atoms with Crippen LogP contribution in [0.25, 0.3) is 10.9 Å². The van der Waals surface area contributed by atoms with Gasteiger partial charge in [-0.3, -0.25) is 0 Å². The molecule has 1 aromatic carbocycles. The molecule has 0 spiro atoms. The van der Waals surface area contributed by atoms with Crippen molar-refractivity contribution in [1.29, 1.82) is 0 Å². The lowest BCUT2D eigenvalue weighted by molar-refractivity contribution is 0.419. The minimum absolute atomic E-state index is 0. The highest BCUT2D eigenvalue weighted by molar-refractivity contribution is 6.35. The molecule has 0 bridgehead atoms. The number of aromatic nitrogens is 1. The molecular weight excluding hydrogens is 257 g/mol. The molecule has 0 N–H and O–H groups in total. The number of benzene rings is 1. The molecule has 0 fully saturated rings. The number of rotatable bonds is 3. The van der Waals surface area contributed by atoms with Crippen molar-refractivity contribution in [3.8, 4) is 5.75 Å². The SMILES string of the molecule is CCCc1cc(Cl)c2cccc(OC)c2n1.Cl. The molecular formula is C13H15Cl2NO. The van der Waals surface area contributed by atoms with E-state index in [1.54, 1.807) is 7.11 Å². The Morgan fingerprint density at radius 2 is 2.12 bits per heavy atom. The van der Waals surface area contributed by atoms with Crippen molar-refractivity contribution in [3.05, 3.63) is 35.0 Å². The van der Waals surface area contributed by atoms with Crippen LogP contribution in [-0.2, 0) is 6.42 Å². The zero-order valence-corrected chi connectivity index (χ0v) is 11.4. The zero-order valence-electron chi connectivity index (χ0n) is 9.87. The maximum Gasteiger partial charge on any atom is 0.145 e. The van der Waals surface area contributed by atoms with E-state index in [1.807, 2.05) is 24.3 Å². The molecule has 0 amide bonds. The van der Waals surface area contributed by atoms with Gasteiger partial charge in [-0.1, -0.05) is 37.1 Å². The normalized spacial score (nSPS) is 10.1. The fourth-order valence-corrected chi connectivity index (χ4v) is 2.06. The van der Waals surface area contributed by atoms with Crippen molar-refractivity contribution < 1.29 is 4.74 Å². The number of ether oxygens (including phenoxy) is 1. The van der Waals surface area contributed by atoms with Crippen LogP contribution < -0.4 is 4.74 Å². The maximum absolute atomic E-state index is 6.23. The highest BCUT2D eigenvalue weighted by Gasteiger charge is 2.07. The second-order valence-electron chi connectivity index (χ2n) is 3.70. The molecule has 0 aliphatic heterocycles. The third-order valence-electron chi connectivity index (χ3n) is 2.53. The molecule has 0 aliphatic rings. The van der Waals surface area contributed by atoms with E-state index in [-0.39, 0.29) is 12.4 Å². The highest BCUT2D eigenvalue weighted by atomic mass is 35.5. The summed E-state index contributed by atoms with van der Waals surface area (Å²) in [6.07, 6.45) is 2.00. The topological polar surface area (TPSA) is 22.1 Å². The number of hydrogen-bond donors (Lipinski definition) is 0. The molecule has 4 heteroatoms. The van der Waals surface area contributed by atoms with Crippen LogP contribution in [0.1, 0.15) is 19.0 Å². The van der Waals surface area contributed by atoms with Crippen LogP contribution in [0.15, 0.2) is 24.3 Å². The van der Waals surface area contributed by atoms with Crippen molar-refractivity contribution in [2.45, 2.75) is 19.8 Å². The first-order chi connectivity index (χ1) is 7.76. The molecule has 0 unspecified atom stereocenters. The summed E-state index contributed by atoms with van der Waals surface area (Å²) in [6, 6.07) is 7.73. The zero-order chi connectivity index (χ0) is 11.5. The Morgan fingerprint density at radius 1 is 1.35 bits per heavy atom. The molecule has 0 atom stereocenters. The van der Waals surface area contributed by atoms with Crippen LogP contribution in [0, 0.1) is 0 Å². The van der Waals surface area contributed by atoms with Crippen LogP contribution in [-0.4, -0.2) is 12.1 Å². The second-order valence-corrected chi connectivity index (χ2v) is 4.11. The Hall–Kier alpha value is -0.990. The predicted molar refractivity (Wildman–Crippen MR) is 74.5 cm³/mol. The highest BCUT2D eigenvalue weighted by Crippen LogP contribution is 2.29. The van der Waals surface area contributed by atoms with E-state index >= 15 is 0 Å². The summed E-state index contributed by atoms with van der Waals surface area (Å²) < 4.78 is 5.29. The first kappa shape index (κ1) is 14.1. The van der Waals surface area contributed by atoms with E-state index in [4.69, 9.17) is 16.3 Å². The summed E-state index contributed by atoms with van der Waals surface area (Å²) >= 11 is 6.23. The minimum atomic E-state index is 0. The van der Waals surface area contributed by atoms with Crippen molar-refractivity contribution in [3.63, 3.8) is 0 Å². The number of halogens is 2. The van der Waals surface area contributed by atoms with Crippen LogP contribution in [0.3, 0.4) is 0 Å². The summed E-state index contributed by atoms with van der Waals surface area (Å²) in [5, 5.41) is 1.69. The summed E-state index contributed by atoms with van der Waals surface area (Å²) in [4.78, 5) is 4.59. The molecule has 0 aliphatic carbocycles. The van der Waals surface area contributed by atoms with E-state index in [0.29, 0.717) is 0 Å². The van der Waals surface area contributed by atoms with Gasteiger partial charge in [-0.15, -0.1) is 12.4 Å². The molecule has 0 saturated heterocycles. The minimum Gasteiger partial charge on any atom is -0.494 e. The summed E-state index contributed by atoms with van der Waals surface area (Å²) in [5.41, 5.74) is 1.87. The average Bonchev–Trinajstić information content (AvgIpc) is 2.29. The quantitative estimate of drug-likeness (QED) is 0.832. The van der Waals surface area contributed by atoms with Gasteiger partial charge in [0.05, 0.1) is 12.1 Å². The second kappa shape index (κ2) is 6.08. The number of methoxy groups -OCH3 is 1. The summed E-state index contributed by atoms with van der Waals surface area (Å²) in [5.74, 6) is 0.775. The average molecular weight is 272 g/mol. The van der Waals surface area contributed by atoms with E-state index < -0.39 is 0 Å². The molecule has 2 nitrogen and oxygen atoms in total. The van der Waals surface area contributed by atoms with Crippen molar-refractivity contribution in [2.24, 2.45) is 0 Å². The molecule has 1 heterocycles. The van der Waals surface area contributed by atoms with Gasteiger partial charge in [-0.25, -0.2) is 4.98 Å². The van der Waals surface area contributed by atoms with E-state index in [0.717, 1.165) is 40.2 Å². The monoisotopic (exact) mass is 271 g/mol. The Kier molecular flexibility index (Phi) is 5.03. The lowest BCUT2D eigenvalue weighted by atomic mass is 10.1. The van der Waals surface area contributed by atoms with Gasteiger partial charge in [0.1, 0.15) is 11.3 Å². The van der Waals surface area contributed by atoms with Gasteiger partial charge in [0.25, 0.3) is 0 Å². The summed E-state index contributed by atoms with van der Waals surface area (Å²) in [6.45, 7) is 2.13. The van der Waals surface area contributed by atoms with Crippen LogP contribution in [0.2, 0.25) is 5.02 Å². The van der Waals surface area contributed by atoms with Crippen molar-refractivity contribution >= 4 is 34.9 Å². The van der Waals surface area contributed by atoms with E-state index in [1.165, 1.54) is 0 Å². The van der Waals surface area contributed by atoms with Crippen LogP contribution in [0.4, 0.5) is 0 Å². The molecule has 0 saturated carbocycles. The Morgan fingerprint density at radius 3 is 2.76 bits per heavy atom. The standard InChI is InChI=1S/C13H14ClNO.ClH/c1-3-5-9-8-11(14)10-6-4-7-12(16-2)13(10)15-9;/h4,6-8H,3,5H2,1-2H3;1H. The maximum atomic E-state index is 6.23. The fourth-order valence-electron chi connectivity index (χ4n) is 1.78. The fraction of sp³-hybridized carbons (Fsp3) is 0.308. The van der Waals surface area contributed by atoms with Gasteiger partial charge >= 0.3 is 0 Å². The van der Waals surface area contributed by atoms with Crippen LogP contribution >= 0.6 is 24.0 Å². The van der Waals surface area contributed by atoms with Gasteiger partial charge in [0.2, 0.25) is 0 Å². The van der Waals surface area contributed by atoms with Gasteiger partial charge in [-0.05, 0) is 18.6 Å². The van der Waals surface area contributed by atoms with Gasteiger partial charge in [-0.2, -0.15) is 0 Å². The smallest absolute Gasteiger partial charge is 0.145 e. The van der Waals surface area contributed by atoms with E-state index in [2.05, 4.69) is 11.9 Å². The molecule has 17 heavy (non-hydrogen) atoms. The first-order valence-corrected chi connectivity index (χ1v) is 5.76. The third kappa shape index (κ3) is 2.82. The largest absolute Gasteiger partial charge is 0.494 e. The summed E-state index contributed by atoms with van der Waals surface area (Å²) in [7, 11) is 1.65. The number of nitrogens with zero attached hydrogens (tertiary/aromatic N) is 1. The third-order valence-corrected chi connectivity index (χ3v) is 2.84. The molecule has 0 radical (unpaired) electrons. The molecule has 92 valence electrons. The molecule has 2 rings (SSSR count). The number of hydrogen-bond acceptors (Lipinski definition) is 2. The number of pyridine rings is 1. The van der Waals surface area contributed by atoms with Crippen molar-refractivity contribution in [2.75, 3.05) is 7.11 Å². The van der Waals surface area contributed by atoms with Gasteiger partial charge in [0.15, 0.2) is 0 Å². The van der Waals surface area contributed by atoms with Gasteiger partial charge < -0.3 is 4.74 Å². The number of para-hydroxylation sites is 1.